The third-order valence-electron chi connectivity index (χ3n) is 1.85. The number of rotatable bonds is 2. The number of carbonyl (C=O) groups excluding carboxylic acids is 2. The van der Waals surface area contributed by atoms with Gasteiger partial charge in [-0.15, -0.1) is 0 Å². The molecule has 1 heterocycles. The SMILES string of the molecule is CC(C)C(=O)N[C@@H]1CNC(=O)C1. The van der Waals surface area contributed by atoms with Crippen molar-refractivity contribution in [3.05, 3.63) is 0 Å². The summed E-state index contributed by atoms with van der Waals surface area (Å²) in [6.45, 7) is 4.23. The first-order chi connectivity index (χ1) is 5.59. The van der Waals surface area contributed by atoms with Crippen LogP contribution in [0.1, 0.15) is 20.3 Å². The van der Waals surface area contributed by atoms with Crippen molar-refractivity contribution in [2.45, 2.75) is 26.3 Å². The van der Waals surface area contributed by atoms with E-state index in [4.69, 9.17) is 0 Å². The molecule has 0 bridgehead atoms. The fraction of sp³-hybridized carbons (Fsp3) is 0.750. The highest BCUT2D eigenvalue weighted by atomic mass is 16.2. The molecule has 0 spiro atoms. The lowest BCUT2D eigenvalue weighted by atomic mass is 10.2. The number of hydrogen-bond acceptors (Lipinski definition) is 2. The third-order valence-corrected chi connectivity index (χ3v) is 1.85. The second kappa shape index (κ2) is 3.56. The van der Waals surface area contributed by atoms with Gasteiger partial charge in [-0.25, -0.2) is 0 Å². The van der Waals surface area contributed by atoms with Gasteiger partial charge in [0, 0.05) is 18.9 Å². The molecule has 2 N–H and O–H groups in total. The topological polar surface area (TPSA) is 58.2 Å². The summed E-state index contributed by atoms with van der Waals surface area (Å²) < 4.78 is 0. The second-order valence-electron chi connectivity index (χ2n) is 3.37. The Morgan fingerprint density at radius 1 is 1.67 bits per heavy atom. The predicted octanol–water partition coefficient (Wildman–Crippen LogP) is -0.353. The van der Waals surface area contributed by atoms with Crippen LogP contribution >= 0.6 is 0 Å². The van der Waals surface area contributed by atoms with Gasteiger partial charge >= 0.3 is 0 Å². The van der Waals surface area contributed by atoms with E-state index in [1.165, 1.54) is 0 Å². The molecule has 68 valence electrons. The molecule has 4 nitrogen and oxygen atoms in total. The molecule has 0 aromatic heterocycles. The fourth-order valence-corrected chi connectivity index (χ4v) is 1.08. The minimum Gasteiger partial charge on any atom is -0.354 e. The molecule has 1 fully saturated rings. The Balaban J connectivity index is 2.32. The number of hydrogen-bond donors (Lipinski definition) is 2. The van der Waals surface area contributed by atoms with Gasteiger partial charge in [0.1, 0.15) is 0 Å². The summed E-state index contributed by atoms with van der Waals surface area (Å²) in [4.78, 5) is 21.9. The van der Waals surface area contributed by atoms with Crippen LogP contribution in [0.4, 0.5) is 0 Å². The second-order valence-corrected chi connectivity index (χ2v) is 3.37. The van der Waals surface area contributed by atoms with E-state index in [9.17, 15) is 9.59 Å². The van der Waals surface area contributed by atoms with Gasteiger partial charge < -0.3 is 10.6 Å². The van der Waals surface area contributed by atoms with E-state index in [-0.39, 0.29) is 23.8 Å². The zero-order valence-corrected chi connectivity index (χ0v) is 7.39. The van der Waals surface area contributed by atoms with Crippen molar-refractivity contribution in [3.63, 3.8) is 0 Å². The van der Waals surface area contributed by atoms with Crippen LogP contribution in [0.3, 0.4) is 0 Å². The Hall–Kier alpha value is -1.06. The van der Waals surface area contributed by atoms with Crippen LogP contribution in [0.15, 0.2) is 0 Å². The van der Waals surface area contributed by atoms with Gasteiger partial charge in [0.15, 0.2) is 0 Å². The van der Waals surface area contributed by atoms with Gasteiger partial charge in [-0.2, -0.15) is 0 Å². The zero-order valence-electron chi connectivity index (χ0n) is 7.39. The van der Waals surface area contributed by atoms with Gasteiger partial charge in [0.25, 0.3) is 0 Å². The lowest BCUT2D eigenvalue weighted by molar-refractivity contribution is -0.124. The Labute approximate surface area is 71.7 Å². The van der Waals surface area contributed by atoms with E-state index < -0.39 is 0 Å². The summed E-state index contributed by atoms with van der Waals surface area (Å²) in [6.07, 6.45) is 0.415. The van der Waals surface area contributed by atoms with Crippen LogP contribution in [-0.4, -0.2) is 24.4 Å². The van der Waals surface area contributed by atoms with Crippen LogP contribution < -0.4 is 10.6 Å². The van der Waals surface area contributed by atoms with E-state index in [1.54, 1.807) is 0 Å². The summed E-state index contributed by atoms with van der Waals surface area (Å²) in [5.74, 6) is 0.0151. The highest BCUT2D eigenvalue weighted by Gasteiger charge is 2.23. The van der Waals surface area contributed by atoms with Crippen molar-refractivity contribution < 1.29 is 9.59 Å². The molecule has 0 aliphatic carbocycles. The quantitative estimate of drug-likeness (QED) is 0.595. The summed E-state index contributed by atoms with van der Waals surface area (Å²) in [5, 5.41) is 5.45. The third kappa shape index (κ3) is 2.22. The van der Waals surface area contributed by atoms with Gasteiger partial charge in [-0.05, 0) is 0 Å². The first kappa shape index (κ1) is 9.03. The Morgan fingerprint density at radius 2 is 2.33 bits per heavy atom. The van der Waals surface area contributed by atoms with Gasteiger partial charge in [0.05, 0.1) is 6.04 Å². The lowest BCUT2D eigenvalue weighted by Gasteiger charge is -2.11. The number of nitrogens with one attached hydrogen (secondary N) is 2. The van der Waals surface area contributed by atoms with Crippen LogP contribution in [-0.2, 0) is 9.59 Å². The minimum atomic E-state index is -0.0132. The first-order valence-corrected chi connectivity index (χ1v) is 4.16. The number of amides is 2. The number of carbonyl (C=O) groups is 2. The van der Waals surface area contributed by atoms with Crippen LogP contribution in [0, 0.1) is 5.92 Å². The molecule has 4 heteroatoms. The Kier molecular flexibility index (Phi) is 2.68. The standard InChI is InChI=1S/C8H14N2O2/c1-5(2)8(12)10-6-3-7(11)9-4-6/h5-6H,3-4H2,1-2H3,(H,9,11)(H,10,12)/t6-/m0/s1. The summed E-state index contributed by atoms with van der Waals surface area (Å²) in [5.41, 5.74) is 0. The van der Waals surface area contributed by atoms with Gasteiger partial charge in [-0.3, -0.25) is 9.59 Å². The molecule has 1 aliphatic heterocycles. The Bertz CT molecular complexity index is 201. The molecule has 0 radical (unpaired) electrons. The van der Waals surface area contributed by atoms with E-state index in [0.717, 1.165) is 0 Å². The highest BCUT2D eigenvalue weighted by molar-refractivity contribution is 5.82. The van der Waals surface area contributed by atoms with E-state index in [1.807, 2.05) is 13.8 Å². The van der Waals surface area contributed by atoms with Crippen molar-refractivity contribution in [3.8, 4) is 0 Å². The van der Waals surface area contributed by atoms with Crippen molar-refractivity contribution in [1.82, 2.24) is 10.6 Å². The van der Waals surface area contributed by atoms with Crippen molar-refractivity contribution in [2.24, 2.45) is 5.92 Å². The van der Waals surface area contributed by atoms with Gasteiger partial charge in [0.2, 0.25) is 11.8 Å². The average molecular weight is 170 g/mol. The molecule has 0 unspecified atom stereocenters. The van der Waals surface area contributed by atoms with Crippen molar-refractivity contribution in [1.29, 1.82) is 0 Å². The molecule has 1 aliphatic rings. The molecule has 0 saturated carbocycles. The molecular weight excluding hydrogens is 156 g/mol. The van der Waals surface area contributed by atoms with Gasteiger partial charge in [-0.1, -0.05) is 13.8 Å². The van der Waals surface area contributed by atoms with Crippen LogP contribution in [0.5, 0.6) is 0 Å². The van der Waals surface area contributed by atoms with Crippen LogP contribution in [0.25, 0.3) is 0 Å². The average Bonchev–Trinajstić information content (AvgIpc) is 2.35. The zero-order chi connectivity index (χ0) is 9.14. The molecule has 0 aromatic rings. The molecule has 1 atom stereocenters. The normalized spacial score (nSPS) is 22.6. The molecular formula is C8H14N2O2. The maximum Gasteiger partial charge on any atom is 0.222 e. The lowest BCUT2D eigenvalue weighted by Crippen LogP contribution is -2.38. The minimum absolute atomic E-state index is 0.00704. The first-order valence-electron chi connectivity index (χ1n) is 4.16. The van der Waals surface area contributed by atoms with E-state index in [2.05, 4.69) is 10.6 Å². The maximum atomic E-state index is 11.2. The molecule has 1 saturated heterocycles. The fourth-order valence-electron chi connectivity index (χ4n) is 1.08. The Morgan fingerprint density at radius 3 is 2.75 bits per heavy atom. The highest BCUT2D eigenvalue weighted by Crippen LogP contribution is 2.01. The largest absolute Gasteiger partial charge is 0.354 e. The molecule has 1 rings (SSSR count). The smallest absolute Gasteiger partial charge is 0.222 e. The summed E-state index contributed by atoms with van der Waals surface area (Å²) >= 11 is 0. The van der Waals surface area contributed by atoms with Crippen molar-refractivity contribution >= 4 is 11.8 Å². The molecule has 2 amide bonds. The molecule has 0 aromatic carbocycles. The van der Waals surface area contributed by atoms with Crippen LogP contribution in [0.2, 0.25) is 0 Å². The maximum absolute atomic E-state index is 11.2. The van der Waals surface area contributed by atoms with E-state index in [0.29, 0.717) is 13.0 Å². The summed E-state index contributed by atoms with van der Waals surface area (Å²) in [6, 6.07) is -0.00704. The monoisotopic (exact) mass is 170 g/mol. The predicted molar refractivity (Wildman–Crippen MR) is 44.4 cm³/mol. The molecule has 12 heavy (non-hydrogen) atoms. The van der Waals surface area contributed by atoms with E-state index >= 15 is 0 Å². The summed E-state index contributed by atoms with van der Waals surface area (Å²) in [7, 11) is 0. The van der Waals surface area contributed by atoms with Crippen molar-refractivity contribution in [2.75, 3.05) is 6.54 Å².